The van der Waals surface area contributed by atoms with E-state index < -0.39 is 0 Å². The summed E-state index contributed by atoms with van der Waals surface area (Å²) >= 11 is 1.87. The van der Waals surface area contributed by atoms with Gasteiger partial charge in [0.1, 0.15) is 5.01 Å². The molecule has 1 aliphatic rings. The van der Waals surface area contributed by atoms with Crippen molar-refractivity contribution in [1.82, 2.24) is 10.3 Å². The molecular formula is C17H30N2OS. The molecule has 0 radical (unpaired) electrons. The molecule has 21 heavy (non-hydrogen) atoms. The van der Waals surface area contributed by atoms with E-state index in [0.29, 0.717) is 5.41 Å². The highest BCUT2D eigenvalue weighted by molar-refractivity contribution is 7.11. The smallest absolute Gasteiger partial charge is 0.113 e. The first-order valence-electron chi connectivity index (χ1n) is 8.07. The van der Waals surface area contributed by atoms with E-state index in [2.05, 4.69) is 33.0 Å². The molecule has 120 valence electrons. The van der Waals surface area contributed by atoms with E-state index in [9.17, 15) is 0 Å². The van der Waals surface area contributed by atoms with Crippen molar-refractivity contribution in [2.24, 2.45) is 5.41 Å². The highest BCUT2D eigenvalue weighted by Crippen LogP contribution is 2.44. The summed E-state index contributed by atoms with van der Waals surface area (Å²) in [5.41, 5.74) is 1.69. The van der Waals surface area contributed by atoms with E-state index in [1.807, 2.05) is 11.3 Å². The summed E-state index contributed by atoms with van der Waals surface area (Å²) in [4.78, 5) is 6.24. The number of nitrogens with zero attached hydrogens (tertiary/aromatic N) is 1. The van der Waals surface area contributed by atoms with Crippen LogP contribution in [0.25, 0.3) is 0 Å². The maximum atomic E-state index is 5.24. The minimum absolute atomic E-state index is 0.0516. The van der Waals surface area contributed by atoms with Crippen molar-refractivity contribution in [3.05, 3.63) is 15.6 Å². The predicted octanol–water partition coefficient (Wildman–Crippen LogP) is 4.18. The fraction of sp³-hybridized carbons (Fsp3) is 0.824. The van der Waals surface area contributed by atoms with E-state index >= 15 is 0 Å². The lowest BCUT2D eigenvalue weighted by Crippen LogP contribution is -2.43. The largest absolute Gasteiger partial charge is 0.383 e. The maximum Gasteiger partial charge on any atom is 0.113 e. The number of ether oxygens (including phenoxy) is 1. The molecule has 1 aromatic heterocycles. The molecule has 3 nitrogen and oxygen atoms in total. The molecule has 1 atom stereocenters. The van der Waals surface area contributed by atoms with Crippen molar-refractivity contribution >= 4 is 11.3 Å². The Labute approximate surface area is 133 Å². The maximum absolute atomic E-state index is 5.24. The standard InChI is InChI=1S/C17H30N2OS/c1-13-14(2)21-15(19-13)17(18-11-12-20-5)8-6-7-16(3,4)9-10-17/h18H,6-12H2,1-5H3. The lowest BCUT2D eigenvalue weighted by atomic mass is 9.83. The Balaban J connectivity index is 2.25. The van der Waals surface area contributed by atoms with Crippen molar-refractivity contribution < 1.29 is 4.74 Å². The third kappa shape index (κ3) is 4.05. The molecule has 0 spiro atoms. The molecule has 1 saturated carbocycles. The van der Waals surface area contributed by atoms with Gasteiger partial charge in [-0.15, -0.1) is 11.3 Å². The van der Waals surface area contributed by atoms with Gasteiger partial charge in [0, 0.05) is 18.5 Å². The monoisotopic (exact) mass is 310 g/mol. The average molecular weight is 311 g/mol. The van der Waals surface area contributed by atoms with Crippen molar-refractivity contribution in [3.8, 4) is 0 Å². The van der Waals surface area contributed by atoms with Crippen LogP contribution in [0.1, 0.15) is 61.5 Å². The minimum atomic E-state index is 0.0516. The van der Waals surface area contributed by atoms with Gasteiger partial charge < -0.3 is 10.1 Å². The van der Waals surface area contributed by atoms with Crippen LogP contribution in [0.4, 0.5) is 0 Å². The highest BCUT2D eigenvalue weighted by Gasteiger charge is 2.39. The van der Waals surface area contributed by atoms with E-state index in [4.69, 9.17) is 9.72 Å². The summed E-state index contributed by atoms with van der Waals surface area (Å²) in [5, 5.41) is 5.08. The third-order valence-corrected chi connectivity index (χ3v) is 6.17. The van der Waals surface area contributed by atoms with Crippen LogP contribution in [0.5, 0.6) is 0 Å². The predicted molar refractivity (Wildman–Crippen MR) is 90.0 cm³/mol. The van der Waals surface area contributed by atoms with Gasteiger partial charge in [0.25, 0.3) is 0 Å². The summed E-state index contributed by atoms with van der Waals surface area (Å²) in [6, 6.07) is 0. The third-order valence-electron chi connectivity index (χ3n) is 4.89. The van der Waals surface area contributed by atoms with E-state index in [0.717, 1.165) is 13.2 Å². The van der Waals surface area contributed by atoms with Crippen LogP contribution in [0, 0.1) is 19.3 Å². The molecule has 4 heteroatoms. The van der Waals surface area contributed by atoms with Gasteiger partial charge in [0.05, 0.1) is 17.8 Å². The first kappa shape index (κ1) is 16.9. The summed E-state index contributed by atoms with van der Waals surface area (Å²) in [6.45, 7) is 10.8. The van der Waals surface area contributed by atoms with Gasteiger partial charge in [0.15, 0.2) is 0 Å². The summed E-state index contributed by atoms with van der Waals surface area (Å²) in [6.07, 6.45) is 6.20. The van der Waals surface area contributed by atoms with Gasteiger partial charge >= 0.3 is 0 Å². The molecule has 1 aliphatic carbocycles. The van der Waals surface area contributed by atoms with E-state index in [1.165, 1.54) is 47.7 Å². The number of aromatic nitrogens is 1. The summed E-state index contributed by atoms with van der Waals surface area (Å²) in [7, 11) is 1.77. The minimum Gasteiger partial charge on any atom is -0.383 e. The van der Waals surface area contributed by atoms with Crippen molar-refractivity contribution in [3.63, 3.8) is 0 Å². The Morgan fingerprint density at radius 1 is 1.19 bits per heavy atom. The van der Waals surface area contributed by atoms with Gasteiger partial charge in [-0.2, -0.15) is 0 Å². The lowest BCUT2D eigenvalue weighted by Gasteiger charge is -2.33. The normalized spacial score (nSPS) is 25.8. The lowest BCUT2D eigenvalue weighted by molar-refractivity contribution is 0.175. The van der Waals surface area contributed by atoms with Crippen LogP contribution < -0.4 is 5.32 Å². The zero-order valence-corrected chi connectivity index (χ0v) is 15.0. The number of hydrogen-bond donors (Lipinski definition) is 1. The molecule has 1 unspecified atom stereocenters. The average Bonchev–Trinajstić information content (AvgIpc) is 2.67. The van der Waals surface area contributed by atoms with Crippen LogP contribution in [-0.4, -0.2) is 25.2 Å². The summed E-state index contributed by atoms with van der Waals surface area (Å²) < 4.78 is 5.24. The van der Waals surface area contributed by atoms with Crippen LogP contribution >= 0.6 is 11.3 Å². The Hall–Kier alpha value is -0.450. The highest BCUT2D eigenvalue weighted by atomic mass is 32.1. The van der Waals surface area contributed by atoms with Gasteiger partial charge in [-0.1, -0.05) is 20.3 Å². The molecule has 2 rings (SSSR count). The number of aryl methyl sites for hydroxylation is 2. The van der Waals surface area contributed by atoms with Gasteiger partial charge in [0.2, 0.25) is 0 Å². The molecule has 0 aromatic carbocycles. The van der Waals surface area contributed by atoms with Crippen molar-refractivity contribution in [2.45, 2.75) is 65.3 Å². The number of thiazole rings is 1. The second kappa shape index (κ2) is 6.76. The molecular weight excluding hydrogens is 280 g/mol. The van der Waals surface area contributed by atoms with Crippen LogP contribution in [0.15, 0.2) is 0 Å². The number of hydrogen-bond acceptors (Lipinski definition) is 4. The zero-order valence-electron chi connectivity index (χ0n) is 14.2. The Bertz CT molecular complexity index is 450. The van der Waals surface area contributed by atoms with Gasteiger partial charge in [-0.3, -0.25) is 0 Å². The van der Waals surface area contributed by atoms with Crippen LogP contribution in [0.3, 0.4) is 0 Å². The zero-order chi connectivity index (χ0) is 15.5. The number of rotatable bonds is 5. The fourth-order valence-electron chi connectivity index (χ4n) is 3.21. The van der Waals surface area contributed by atoms with Crippen LogP contribution in [-0.2, 0) is 10.3 Å². The number of nitrogens with one attached hydrogen (secondary N) is 1. The fourth-order valence-corrected chi connectivity index (χ4v) is 4.34. The molecule has 0 aliphatic heterocycles. The van der Waals surface area contributed by atoms with E-state index in [-0.39, 0.29) is 5.54 Å². The Morgan fingerprint density at radius 3 is 2.57 bits per heavy atom. The molecule has 1 N–H and O–H groups in total. The molecule has 1 heterocycles. The molecule has 0 saturated heterocycles. The Kier molecular flexibility index (Phi) is 5.44. The molecule has 1 aromatic rings. The summed E-state index contributed by atoms with van der Waals surface area (Å²) in [5.74, 6) is 0. The number of methoxy groups -OCH3 is 1. The second-order valence-electron chi connectivity index (χ2n) is 7.18. The van der Waals surface area contributed by atoms with Gasteiger partial charge in [-0.25, -0.2) is 4.98 Å². The SMILES string of the molecule is COCCNC1(c2nc(C)c(C)s2)CCCC(C)(C)CC1. The topological polar surface area (TPSA) is 34.1 Å². The van der Waals surface area contributed by atoms with Crippen molar-refractivity contribution in [1.29, 1.82) is 0 Å². The van der Waals surface area contributed by atoms with Crippen molar-refractivity contribution in [2.75, 3.05) is 20.3 Å². The van der Waals surface area contributed by atoms with Crippen LogP contribution in [0.2, 0.25) is 0 Å². The quantitative estimate of drug-likeness (QED) is 0.654. The van der Waals surface area contributed by atoms with Gasteiger partial charge in [-0.05, 0) is 44.9 Å². The molecule has 0 bridgehead atoms. The molecule has 0 amide bonds. The Morgan fingerprint density at radius 2 is 1.95 bits per heavy atom. The van der Waals surface area contributed by atoms with E-state index in [1.54, 1.807) is 7.11 Å². The first-order chi connectivity index (χ1) is 9.88. The second-order valence-corrected chi connectivity index (χ2v) is 8.38. The molecule has 1 fully saturated rings. The first-order valence-corrected chi connectivity index (χ1v) is 8.89.